The third-order valence-corrected chi connectivity index (χ3v) is 2.67. The Morgan fingerprint density at radius 3 is 2.38 bits per heavy atom. The third-order valence-electron chi connectivity index (χ3n) is 1.62. The molecular formula is C11H15IO. The first-order valence-electron chi connectivity index (χ1n) is 4.36. The minimum absolute atomic E-state index is 0.0566. The van der Waals surface area contributed by atoms with Crippen molar-refractivity contribution in [1.82, 2.24) is 0 Å². The summed E-state index contributed by atoms with van der Waals surface area (Å²) in [5.74, 6) is 0. The van der Waals surface area contributed by atoms with Crippen molar-refractivity contribution < 1.29 is 4.74 Å². The summed E-state index contributed by atoms with van der Waals surface area (Å²) in [4.78, 5) is 0. The minimum Gasteiger partial charge on any atom is -0.371 e. The average molecular weight is 290 g/mol. The zero-order valence-corrected chi connectivity index (χ0v) is 10.5. The van der Waals surface area contributed by atoms with Crippen LogP contribution in [-0.4, -0.2) is 5.60 Å². The van der Waals surface area contributed by atoms with Gasteiger partial charge in [-0.2, -0.15) is 0 Å². The smallest absolute Gasteiger partial charge is 0.0734 e. The van der Waals surface area contributed by atoms with E-state index in [0.717, 1.165) is 0 Å². The lowest BCUT2D eigenvalue weighted by Gasteiger charge is -2.19. The Kier molecular flexibility index (Phi) is 3.74. The average Bonchev–Trinajstić information content (AvgIpc) is 2.01. The van der Waals surface area contributed by atoms with Gasteiger partial charge in [-0.25, -0.2) is 0 Å². The van der Waals surface area contributed by atoms with Gasteiger partial charge in [-0.15, -0.1) is 0 Å². The van der Waals surface area contributed by atoms with Gasteiger partial charge < -0.3 is 4.74 Å². The molecule has 0 saturated carbocycles. The Bertz CT molecular complexity index is 276. The standard InChI is InChI=1S/C11H15IO/c1-11(2,3)13-8-9-6-4-5-7-10(9)12/h4-7H,8H2,1-3H3. The second-order valence-corrected chi connectivity index (χ2v) is 5.15. The molecule has 1 aromatic rings. The monoisotopic (exact) mass is 290 g/mol. The Labute approximate surface area is 93.6 Å². The molecule has 0 saturated heterocycles. The van der Waals surface area contributed by atoms with Gasteiger partial charge in [0.2, 0.25) is 0 Å². The number of hydrogen-bond donors (Lipinski definition) is 0. The van der Waals surface area contributed by atoms with Crippen molar-refractivity contribution in [2.24, 2.45) is 0 Å². The van der Waals surface area contributed by atoms with E-state index in [9.17, 15) is 0 Å². The van der Waals surface area contributed by atoms with E-state index in [-0.39, 0.29) is 5.60 Å². The van der Waals surface area contributed by atoms with Crippen molar-refractivity contribution in [3.63, 3.8) is 0 Å². The summed E-state index contributed by atoms with van der Waals surface area (Å²) in [6.45, 7) is 6.91. The molecule has 0 atom stereocenters. The Hall–Kier alpha value is -0.0900. The van der Waals surface area contributed by atoms with Gasteiger partial charge in [0.1, 0.15) is 0 Å². The molecule has 1 aromatic carbocycles. The molecule has 0 fully saturated rings. The number of hydrogen-bond acceptors (Lipinski definition) is 1. The Morgan fingerprint density at radius 2 is 1.85 bits per heavy atom. The van der Waals surface area contributed by atoms with E-state index in [2.05, 4.69) is 55.5 Å². The van der Waals surface area contributed by atoms with Crippen LogP contribution in [0.3, 0.4) is 0 Å². The molecule has 0 unspecified atom stereocenters. The van der Waals surface area contributed by atoms with Gasteiger partial charge in [-0.3, -0.25) is 0 Å². The van der Waals surface area contributed by atoms with Gasteiger partial charge in [0.05, 0.1) is 12.2 Å². The van der Waals surface area contributed by atoms with Gasteiger partial charge in [-0.05, 0) is 55.0 Å². The van der Waals surface area contributed by atoms with Crippen molar-refractivity contribution in [3.8, 4) is 0 Å². The second kappa shape index (κ2) is 4.42. The summed E-state index contributed by atoms with van der Waals surface area (Å²) in [5, 5.41) is 0. The van der Waals surface area contributed by atoms with Crippen molar-refractivity contribution in [2.75, 3.05) is 0 Å². The zero-order chi connectivity index (χ0) is 9.90. The van der Waals surface area contributed by atoms with Crippen molar-refractivity contribution >= 4 is 22.6 Å². The molecule has 0 bridgehead atoms. The number of benzene rings is 1. The molecule has 0 spiro atoms. The van der Waals surface area contributed by atoms with E-state index in [0.29, 0.717) is 6.61 Å². The summed E-state index contributed by atoms with van der Waals surface area (Å²) in [6, 6.07) is 8.29. The largest absolute Gasteiger partial charge is 0.371 e. The van der Waals surface area contributed by atoms with E-state index >= 15 is 0 Å². The molecule has 0 aliphatic carbocycles. The van der Waals surface area contributed by atoms with Crippen LogP contribution < -0.4 is 0 Å². The van der Waals surface area contributed by atoms with Gasteiger partial charge in [0.25, 0.3) is 0 Å². The lowest BCUT2D eigenvalue weighted by molar-refractivity contribution is -0.0152. The highest BCUT2D eigenvalue weighted by Gasteiger charge is 2.10. The molecule has 13 heavy (non-hydrogen) atoms. The summed E-state index contributed by atoms with van der Waals surface area (Å²) in [6.07, 6.45) is 0. The highest BCUT2D eigenvalue weighted by atomic mass is 127. The fourth-order valence-corrected chi connectivity index (χ4v) is 1.45. The van der Waals surface area contributed by atoms with Crippen LogP contribution in [0.15, 0.2) is 24.3 Å². The van der Waals surface area contributed by atoms with E-state index in [4.69, 9.17) is 4.74 Å². The summed E-state index contributed by atoms with van der Waals surface area (Å²) < 4.78 is 6.96. The Balaban J connectivity index is 2.60. The molecule has 0 aromatic heterocycles. The van der Waals surface area contributed by atoms with Crippen LogP contribution >= 0.6 is 22.6 Å². The van der Waals surface area contributed by atoms with Crippen LogP contribution in [0, 0.1) is 3.57 Å². The molecule has 0 amide bonds. The maximum Gasteiger partial charge on any atom is 0.0734 e. The topological polar surface area (TPSA) is 9.23 Å². The third kappa shape index (κ3) is 4.09. The van der Waals surface area contributed by atoms with Gasteiger partial charge in [-0.1, -0.05) is 18.2 Å². The molecular weight excluding hydrogens is 275 g/mol. The first-order chi connectivity index (χ1) is 5.99. The maximum atomic E-state index is 5.69. The SMILES string of the molecule is CC(C)(C)OCc1ccccc1I. The second-order valence-electron chi connectivity index (χ2n) is 3.99. The molecule has 2 heteroatoms. The van der Waals surface area contributed by atoms with Crippen LogP contribution in [0.25, 0.3) is 0 Å². The van der Waals surface area contributed by atoms with Gasteiger partial charge in [0, 0.05) is 3.57 Å². The van der Waals surface area contributed by atoms with E-state index in [1.807, 2.05) is 12.1 Å². The molecule has 0 radical (unpaired) electrons. The van der Waals surface area contributed by atoms with Crippen molar-refractivity contribution in [1.29, 1.82) is 0 Å². The van der Waals surface area contributed by atoms with E-state index in [1.54, 1.807) is 0 Å². The quantitative estimate of drug-likeness (QED) is 0.756. The first-order valence-corrected chi connectivity index (χ1v) is 5.44. The van der Waals surface area contributed by atoms with Crippen LogP contribution in [-0.2, 0) is 11.3 Å². The summed E-state index contributed by atoms with van der Waals surface area (Å²) in [7, 11) is 0. The minimum atomic E-state index is -0.0566. The highest BCUT2D eigenvalue weighted by molar-refractivity contribution is 14.1. The van der Waals surface area contributed by atoms with Crippen LogP contribution in [0.4, 0.5) is 0 Å². The van der Waals surface area contributed by atoms with Crippen LogP contribution in [0.5, 0.6) is 0 Å². The lowest BCUT2D eigenvalue weighted by atomic mass is 10.2. The molecule has 1 nitrogen and oxygen atoms in total. The molecule has 0 heterocycles. The van der Waals surface area contributed by atoms with E-state index in [1.165, 1.54) is 9.13 Å². The fraction of sp³-hybridized carbons (Fsp3) is 0.455. The summed E-state index contributed by atoms with van der Waals surface area (Å²) >= 11 is 2.33. The normalized spacial score (nSPS) is 11.7. The predicted octanol–water partition coefficient (Wildman–Crippen LogP) is 3.61. The predicted molar refractivity (Wildman–Crippen MR) is 63.7 cm³/mol. The Morgan fingerprint density at radius 1 is 1.23 bits per heavy atom. The first kappa shape index (κ1) is 11.0. The lowest BCUT2D eigenvalue weighted by Crippen LogP contribution is -2.18. The zero-order valence-electron chi connectivity index (χ0n) is 8.30. The van der Waals surface area contributed by atoms with E-state index < -0.39 is 0 Å². The van der Waals surface area contributed by atoms with Crippen molar-refractivity contribution in [3.05, 3.63) is 33.4 Å². The molecule has 72 valence electrons. The summed E-state index contributed by atoms with van der Waals surface area (Å²) in [5.41, 5.74) is 1.21. The molecule has 0 N–H and O–H groups in total. The van der Waals surface area contributed by atoms with Gasteiger partial charge in [0.15, 0.2) is 0 Å². The molecule has 0 aliphatic rings. The van der Waals surface area contributed by atoms with Crippen LogP contribution in [0.1, 0.15) is 26.3 Å². The fourth-order valence-electron chi connectivity index (χ4n) is 0.910. The number of rotatable bonds is 2. The van der Waals surface area contributed by atoms with Crippen LogP contribution in [0.2, 0.25) is 0 Å². The molecule has 0 aliphatic heterocycles. The number of ether oxygens (including phenoxy) is 1. The maximum absolute atomic E-state index is 5.69. The van der Waals surface area contributed by atoms with Crippen molar-refractivity contribution in [2.45, 2.75) is 33.0 Å². The highest BCUT2D eigenvalue weighted by Crippen LogP contribution is 2.16. The number of halogens is 1. The molecule has 1 rings (SSSR count). The van der Waals surface area contributed by atoms with Gasteiger partial charge >= 0.3 is 0 Å².